The van der Waals surface area contributed by atoms with Gasteiger partial charge >= 0.3 is 0 Å². The topological polar surface area (TPSA) is 73.6 Å². The first-order chi connectivity index (χ1) is 10.2. The zero-order valence-electron chi connectivity index (χ0n) is 12.5. The van der Waals surface area contributed by atoms with Gasteiger partial charge in [-0.25, -0.2) is 0 Å². The molecule has 21 heavy (non-hydrogen) atoms. The number of carbonyl (C=O) groups excluding carboxylic acids is 1. The van der Waals surface area contributed by atoms with E-state index in [4.69, 9.17) is 15.2 Å². The molecule has 0 spiro atoms. The molecule has 0 radical (unpaired) electrons. The van der Waals surface area contributed by atoms with Crippen molar-refractivity contribution in [2.75, 3.05) is 19.8 Å². The summed E-state index contributed by atoms with van der Waals surface area (Å²) in [5.74, 6) is 1.09. The van der Waals surface area contributed by atoms with Gasteiger partial charge in [0.1, 0.15) is 5.75 Å². The molecular weight excluding hydrogens is 268 g/mol. The fraction of sp³-hybridized carbons (Fsp3) is 0.562. The van der Waals surface area contributed by atoms with Crippen molar-refractivity contribution >= 4 is 5.91 Å². The Labute approximate surface area is 125 Å². The predicted molar refractivity (Wildman–Crippen MR) is 81.0 cm³/mol. The molecule has 1 aromatic rings. The highest BCUT2D eigenvalue weighted by atomic mass is 16.5. The van der Waals surface area contributed by atoms with Crippen molar-refractivity contribution in [1.29, 1.82) is 0 Å². The van der Waals surface area contributed by atoms with Gasteiger partial charge in [0, 0.05) is 25.8 Å². The Morgan fingerprint density at radius 3 is 2.67 bits per heavy atom. The van der Waals surface area contributed by atoms with Gasteiger partial charge in [0.25, 0.3) is 5.91 Å². The highest BCUT2D eigenvalue weighted by Gasteiger charge is 2.21. The van der Waals surface area contributed by atoms with Crippen molar-refractivity contribution < 1.29 is 14.3 Å². The summed E-state index contributed by atoms with van der Waals surface area (Å²) in [4.78, 5) is 11.9. The quantitative estimate of drug-likeness (QED) is 0.832. The molecule has 2 rings (SSSR count). The number of benzene rings is 1. The normalized spacial score (nSPS) is 17.2. The summed E-state index contributed by atoms with van der Waals surface area (Å²) in [7, 11) is 0. The standard InChI is InChI=1S/C16H24N2O3/c1-12(14-6-8-20-9-7-14)18-16(19)11-21-15-4-2-13(10-17)3-5-15/h2-5,12,14H,6-11,17H2,1H3,(H,18,19). The fourth-order valence-corrected chi connectivity index (χ4v) is 2.50. The Bertz CT molecular complexity index is 441. The monoisotopic (exact) mass is 292 g/mol. The van der Waals surface area contributed by atoms with E-state index in [2.05, 4.69) is 5.32 Å². The summed E-state index contributed by atoms with van der Waals surface area (Å²) in [6.45, 7) is 4.16. The highest BCUT2D eigenvalue weighted by Crippen LogP contribution is 2.18. The summed E-state index contributed by atoms with van der Waals surface area (Å²) in [6.07, 6.45) is 2.01. The zero-order chi connectivity index (χ0) is 15.1. The molecule has 1 amide bonds. The maximum absolute atomic E-state index is 11.9. The van der Waals surface area contributed by atoms with E-state index in [0.29, 0.717) is 18.2 Å². The largest absolute Gasteiger partial charge is 0.484 e. The van der Waals surface area contributed by atoms with E-state index in [1.165, 1.54) is 0 Å². The summed E-state index contributed by atoms with van der Waals surface area (Å²) in [5, 5.41) is 3.00. The first-order valence-corrected chi connectivity index (χ1v) is 7.48. The summed E-state index contributed by atoms with van der Waals surface area (Å²) in [5.41, 5.74) is 6.58. The Morgan fingerprint density at radius 2 is 2.05 bits per heavy atom. The van der Waals surface area contributed by atoms with E-state index in [0.717, 1.165) is 31.6 Å². The average molecular weight is 292 g/mol. The first-order valence-electron chi connectivity index (χ1n) is 7.48. The van der Waals surface area contributed by atoms with Gasteiger partial charge < -0.3 is 20.5 Å². The minimum atomic E-state index is -0.0862. The van der Waals surface area contributed by atoms with Crippen LogP contribution in [0.25, 0.3) is 0 Å². The predicted octanol–water partition coefficient (Wildman–Crippen LogP) is 1.46. The maximum Gasteiger partial charge on any atom is 0.258 e. The van der Waals surface area contributed by atoms with Crippen LogP contribution in [0.2, 0.25) is 0 Å². The minimum Gasteiger partial charge on any atom is -0.484 e. The Kier molecular flexibility index (Phi) is 6.02. The summed E-state index contributed by atoms with van der Waals surface area (Å²) < 4.78 is 10.8. The molecule has 1 aliphatic heterocycles. The van der Waals surface area contributed by atoms with Crippen LogP contribution in [-0.4, -0.2) is 31.8 Å². The Morgan fingerprint density at radius 1 is 1.38 bits per heavy atom. The maximum atomic E-state index is 11.9. The van der Waals surface area contributed by atoms with E-state index in [1.54, 1.807) is 0 Å². The minimum absolute atomic E-state index is 0.0372. The molecule has 1 atom stereocenters. The average Bonchev–Trinajstić information content (AvgIpc) is 2.54. The van der Waals surface area contributed by atoms with Crippen molar-refractivity contribution in [3.8, 4) is 5.75 Å². The van der Waals surface area contributed by atoms with Crippen molar-refractivity contribution in [3.63, 3.8) is 0 Å². The summed E-state index contributed by atoms with van der Waals surface area (Å²) in [6, 6.07) is 7.62. The number of rotatable bonds is 6. The zero-order valence-corrected chi connectivity index (χ0v) is 12.5. The van der Waals surface area contributed by atoms with Crippen LogP contribution in [0.1, 0.15) is 25.3 Å². The number of nitrogens with one attached hydrogen (secondary N) is 1. The molecule has 1 aromatic carbocycles. The van der Waals surface area contributed by atoms with Crippen molar-refractivity contribution in [2.24, 2.45) is 11.7 Å². The van der Waals surface area contributed by atoms with Crippen molar-refractivity contribution in [2.45, 2.75) is 32.4 Å². The molecule has 5 nitrogen and oxygen atoms in total. The van der Waals surface area contributed by atoms with Crippen LogP contribution in [-0.2, 0) is 16.1 Å². The third-order valence-corrected chi connectivity index (χ3v) is 3.89. The number of ether oxygens (including phenoxy) is 2. The molecule has 1 unspecified atom stereocenters. The lowest BCUT2D eigenvalue weighted by Gasteiger charge is -2.28. The summed E-state index contributed by atoms with van der Waals surface area (Å²) >= 11 is 0. The van der Waals surface area contributed by atoms with E-state index in [1.807, 2.05) is 31.2 Å². The van der Waals surface area contributed by atoms with Gasteiger partial charge in [-0.1, -0.05) is 12.1 Å². The van der Waals surface area contributed by atoms with Gasteiger partial charge in [0.2, 0.25) is 0 Å². The van der Waals surface area contributed by atoms with Crippen LogP contribution in [0, 0.1) is 5.92 Å². The molecule has 1 heterocycles. The van der Waals surface area contributed by atoms with Crippen LogP contribution < -0.4 is 15.8 Å². The van der Waals surface area contributed by atoms with Gasteiger partial charge in [-0.15, -0.1) is 0 Å². The van der Waals surface area contributed by atoms with Gasteiger partial charge in [-0.3, -0.25) is 4.79 Å². The molecule has 1 aliphatic rings. The molecule has 0 aromatic heterocycles. The van der Waals surface area contributed by atoms with E-state index >= 15 is 0 Å². The Hall–Kier alpha value is -1.59. The molecule has 0 saturated carbocycles. The van der Waals surface area contributed by atoms with Gasteiger partial charge in [-0.05, 0) is 43.4 Å². The molecule has 1 saturated heterocycles. The van der Waals surface area contributed by atoms with Gasteiger partial charge in [0.05, 0.1) is 0 Å². The van der Waals surface area contributed by atoms with Crippen LogP contribution in [0.4, 0.5) is 0 Å². The third kappa shape index (κ3) is 5.02. The lowest BCUT2D eigenvalue weighted by molar-refractivity contribution is -0.124. The van der Waals surface area contributed by atoms with Crippen molar-refractivity contribution in [3.05, 3.63) is 29.8 Å². The molecule has 0 aliphatic carbocycles. The van der Waals surface area contributed by atoms with Crippen LogP contribution in [0.5, 0.6) is 5.75 Å². The van der Waals surface area contributed by atoms with E-state index in [-0.39, 0.29) is 18.6 Å². The highest BCUT2D eigenvalue weighted by molar-refractivity contribution is 5.77. The van der Waals surface area contributed by atoms with Gasteiger partial charge in [-0.2, -0.15) is 0 Å². The van der Waals surface area contributed by atoms with E-state index < -0.39 is 0 Å². The molecule has 116 valence electrons. The van der Waals surface area contributed by atoms with Crippen molar-refractivity contribution in [1.82, 2.24) is 5.32 Å². The second-order valence-corrected chi connectivity index (χ2v) is 5.44. The molecule has 5 heteroatoms. The fourth-order valence-electron chi connectivity index (χ4n) is 2.50. The van der Waals surface area contributed by atoms with Crippen LogP contribution in [0.15, 0.2) is 24.3 Å². The SMILES string of the molecule is CC(NC(=O)COc1ccc(CN)cc1)C1CCOCC1. The number of amides is 1. The van der Waals surface area contributed by atoms with Gasteiger partial charge in [0.15, 0.2) is 6.61 Å². The molecular formula is C16H24N2O3. The van der Waals surface area contributed by atoms with Crippen LogP contribution >= 0.6 is 0 Å². The number of carbonyl (C=O) groups is 1. The second-order valence-electron chi connectivity index (χ2n) is 5.44. The van der Waals surface area contributed by atoms with Crippen LogP contribution in [0.3, 0.4) is 0 Å². The lowest BCUT2D eigenvalue weighted by Crippen LogP contribution is -2.42. The number of hydrogen-bond donors (Lipinski definition) is 2. The molecule has 1 fully saturated rings. The van der Waals surface area contributed by atoms with E-state index in [9.17, 15) is 4.79 Å². The third-order valence-electron chi connectivity index (χ3n) is 3.89. The molecule has 3 N–H and O–H groups in total. The lowest BCUT2D eigenvalue weighted by atomic mass is 9.93. The first kappa shape index (κ1) is 15.8. The molecule has 0 bridgehead atoms. The Balaban J connectivity index is 1.73. The number of hydrogen-bond acceptors (Lipinski definition) is 4. The smallest absolute Gasteiger partial charge is 0.258 e. The second kappa shape index (κ2) is 8.00. The number of nitrogens with two attached hydrogens (primary N) is 1.